The fraction of sp³-hybridized carbons (Fsp3) is 0.500. The number of carbonyl (C=O) groups is 1. The van der Waals surface area contributed by atoms with Crippen LogP contribution >= 0.6 is 0 Å². The molecule has 104 valence electrons. The highest BCUT2D eigenvalue weighted by molar-refractivity contribution is 5.98. The first-order valence-electron chi connectivity index (χ1n) is 6.43. The zero-order valence-corrected chi connectivity index (χ0v) is 11.3. The van der Waals surface area contributed by atoms with Crippen LogP contribution in [0.5, 0.6) is 5.75 Å². The quantitative estimate of drug-likeness (QED) is 0.547. The average molecular weight is 264 g/mol. The molecule has 0 amide bonds. The maximum Gasteiger partial charge on any atom is 0.176 e. The molecule has 0 spiro atoms. The number of fused-ring (bicyclic) bond motifs is 1. The van der Waals surface area contributed by atoms with Crippen LogP contribution in [0.15, 0.2) is 18.2 Å². The molecule has 0 bridgehead atoms. The molecule has 1 heterocycles. The number of hydrogen-bond acceptors (Lipinski definition) is 5. The Bertz CT molecular complexity index is 472. The molecule has 0 aliphatic carbocycles. The largest absolute Gasteiger partial charge is 0.484 e. The van der Waals surface area contributed by atoms with Crippen molar-refractivity contribution in [3.05, 3.63) is 23.8 Å². The van der Waals surface area contributed by atoms with E-state index in [4.69, 9.17) is 9.84 Å². The minimum absolute atomic E-state index is 0.00267. The molecular formula is C14H20N2O3. The third kappa shape index (κ3) is 3.45. The molecular weight excluding hydrogens is 244 g/mol. The highest BCUT2D eigenvalue weighted by Gasteiger charge is 2.26. The fourth-order valence-corrected chi connectivity index (χ4v) is 1.96. The third-order valence-corrected chi connectivity index (χ3v) is 2.97. The van der Waals surface area contributed by atoms with Gasteiger partial charge >= 0.3 is 0 Å². The van der Waals surface area contributed by atoms with E-state index in [9.17, 15) is 4.79 Å². The lowest BCUT2D eigenvalue weighted by Gasteiger charge is -2.33. The number of aliphatic hydroxyl groups excluding tert-OH is 1. The summed E-state index contributed by atoms with van der Waals surface area (Å²) in [6.07, 6.45) is 0. The van der Waals surface area contributed by atoms with Crippen molar-refractivity contribution in [1.29, 1.82) is 0 Å². The normalized spacial score (nSPS) is 16.2. The minimum Gasteiger partial charge on any atom is -0.484 e. The van der Waals surface area contributed by atoms with E-state index in [0.29, 0.717) is 18.7 Å². The van der Waals surface area contributed by atoms with Crippen molar-refractivity contribution in [2.24, 2.45) is 0 Å². The summed E-state index contributed by atoms with van der Waals surface area (Å²) in [5.74, 6) is 0.777. The van der Waals surface area contributed by atoms with E-state index >= 15 is 0 Å². The first-order valence-corrected chi connectivity index (χ1v) is 6.43. The summed E-state index contributed by atoms with van der Waals surface area (Å²) in [7, 11) is 0. The van der Waals surface area contributed by atoms with Crippen molar-refractivity contribution in [2.45, 2.75) is 19.4 Å². The van der Waals surface area contributed by atoms with Gasteiger partial charge in [0, 0.05) is 12.1 Å². The Kier molecular flexibility index (Phi) is 4.07. The molecule has 1 aromatic carbocycles. The van der Waals surface area contributed by atoms with Gasteiger partial charge in [-0.25, -0.2) is 0 Å². The number of rotatable bonds is 5. The van der Waals surface area contributed by atoms with Crippen LogP contribution in [0.1, 0.15) is 24.2 Å². The van der Waals surface area contributed by atoms with E-state index in [2.05, 4.69) is 10.6 Å². The number of carbonyl (C=O) groups excluding carboxylic acids is 1. The van der Waals surface area contributed by atoms with Gasteiger partial charge in [-0.05, 0) is 32.0 Å². The summed E-state index contributed by atoms with van der Waals surface area (Å²) >= 11 is 0. The van der Waals surface area contributed by atoms with Crippen molar-refractivity contribution < 1.29 is 14.6 Å². The monoisotopic (exact) mass is 264 g/mol. The lowest BCUT2D eigenvalue weighted by molar-refractivity contribution is 0.0989. The topological polar surface area (TPSA) is 70.6 Å². The number of nitrogens with one attached hydrogen (secondary N) is 2. The Hall–Kier alpha value is -1.59. The van der Waals surface area contributed by atoms with E-state index in [0.717, 1.165) is 11.4 Å². The van der Waals surface area contributed by atoms with Gasteiger partial charge in [0.1, 0.15) is 11.4 Å². The van der Waals surface area contributed by atoms with Gasteiger partial charge in [0.25, 0.3) is 0 Å². The molecule has 2 rings (SSSR count). The standard InChI is InChI=1S/C14H20N2O3/c1-14(2)9-16-11-7-10(3-4-13(11)19-14)12(18)8-15-5-6-17/h3-4,7,15-17H,5-6,8-9H2,1-2H3. The van der Waals surface area contributed by atoms with Gasteiger partial charge in [-0.15, -0.1) is 0 Å². The smallest absolute Gasteiger partial charge is 0.176 e. The van der Waals surface area contributed by atoms with Crippen LogP contribution in [0.25, 0.3) is 0 Å². The molecule has 0 atom stereocenters. The van der Waals surface area contributed by atoms with Gasteiger partial charge in [-0.3, -0.25) is 4.79 Å². The molecule has 0 saturated carbocycles. The summed E-state index contributed by atoms with van der Waals surface area (Å²) < 4.78 is 5.83. The van der Waals surface area contributed by atoms with Gasteiger partial charge < -0.3 is 20.5 Å². The number of aliphatic hydroxyl groups is 1. The van der Waals surface area contributed by atoms with Crippen LogP contribution in [0, 0.1) is 0 Å². The van der Waals surface area contributed by atoms with Gasteiger partial charge in [0.05, 0.1) is 25.4 Å². The summed E-state index contributed by atoms with van der Waals surface area (Å²) in [6, 6.07) is 5.40. The van der Waals surface area contributed by atoms with Gasteiger partial charge in [-0.1, -0.05) is 0 Å². The Morgan fingerprint density at radius 3 is 3.05 bits per heavy atom. The predicted octanol–water partition coefficient (Wildman–Crippen LogP) is 1.03. The molecule has 1 aliphatic rings. The first-order chi connectivity index (χ1) is 9.02. The Morgan fingerprint density at radius 1 is 1.53 bits per heavy atom. The fourth-order valence-electron chi connectivity index (χ4n) is 1.96. The second kappa shape index (κ2) is 5.59. The van der Waals surface area contributed by atoms with Crippen LogP contribution in [0.3, 0.4) is 0 Å². The summed E-state index contributed by atoms with van der Waals surface area (Å²) in [5.41, 5.74) is 1.26. The number of hydrogen-bond donors (Lipinski definition) is 3. The van der Waals surface area contributed by atoms with E-state index < -0.39 is 0 Å². The zero-order valence-electron chi connectivity index (χ0n) is 11.3. The Morgan fingerprint density at radius 2 is 2.32 bits per heavy atom. The molecule has 5 nitrogen and oxygen atoms in total. The van der Waals surface area contributed by atoms with Crippen LogP contribution in [0.2, 0.25) is 0 Å². The van der Waals surface area contributed by atoms with Crippen LogP contribution in [-0.4, -0.2) is 42.7 Å². The molecule has 3 N–H and O–H groups in total. The van der Waals surface area contributed by atoms with E-state index in [1.807, 2.05) is 26.0 Å². The summed E-state index contributed by atoms with van der Waals surface area (Å²) in [6.45, 7) is 5.42. The van der Waals surface area contributed by atoms with E-state index in [-0.39, 0.29) is 24.5 Å². The third-order valence-electron chi connectivity index (χ3n) is 2.97. The number of benzene rings is 1. The van der Waals surface area contributed by atoms with E-state index in [1.165, 1.54) is 0 Å². The first kappa shape index (κ1) is 13.8. The second-order valence-electron chi connectivity index (χ2n) is 5.25. The average Bonchev–Trinajstić information content (AvgIpc) is 2.37. The lowest BCUT2D eigenvalue weighted by atomic mass is 10.0. The van der Waals surface area contributed by atoms with Crippen LogP contribution in [-0.2, 0) is 0 Å². The number of Topliss-reactive ketones (excluding diaryl/α,β-unsaturated/α-hetero) is 1. The lowest BCUT2D eigenvalue weighted by Crippen LogP contribution is -2.40. The highest BCUT2D eigenvalue weighted by Crippen LogP contribution is 2.33. The number of ether oxygens (including phenoxy) is 1. The predicted molar refractivity (Wildman–Crippen MR) is 73.9 cm³/mol. The van der Waals surface area contributed by atoms with Gasteiger partial charge in [-0.2, -0.15) is 0 Å². The Labute approximate surface area is 113 Å². The minimum atomic E-state index is -0.235. The van der Waals surface area contributed by atoms with Crippen molar-refractivity contribution >= 4 is 11.5 Å². The Balaban J connectivity index is 2.07. The maximum atomic E-state index is 11.9. The molecule has 19 heavy (non-hydrogen) atoms. The van der Waals surface area contributed by atoms with Gasteiger partial charge in [0.2, 0.25) is 0 Å². The van der Waals surface area contributed by atoms with Gasteiger partial charge in [0.15, 0.2) is 5.78 Å². The molecule has 1 aromatic rings. The van der Waals surface area contributed by atoms with Crippen LogP contribution in [0.4, 0.5) is 5.69 Å². The molecule has 1 aliphatic heterocycles. The van der Waals surface area contributed by atoms with Crippen LogP contribution < -0.4 is 15.4 Å². The second-order valence-corrected chi connectivity index (χ2v) is 5.25. The van der Waals surface area contributed by atoms with E-state index in [1.54, 1.807) is 6.07 Å². The molecule has 0 unspecified atom stereocenters. The molecule has 5 heteroatoms. The highest BCUT2D eigenvalue weighted by atomic mass is 16.5. The zero-order chi connectivity index (χ0) is 13.9. The van der Waals surface area contributed by atoms with Crippen molar-refractivity contribution in [1.82, 2.24) is 5.32 Å². The molecule has 0 saturated heterocycles. The van der Waals surface area contributed by atoms with Crippen molar-refractivity contribution in [3.8, 4) is 5.75 Å². The van der Waals surface area contributed by atoms with Crippen molar-refractivity contribution in [3.63, 3.8) is 0 Å². The molecule has 0 fully saturated rings. The molecule has 0 aromatic heterocycles. The maximum absolute atomic E-state index is 11.9. The summed E-state index contributed by atoms with van der Waals surface area (Å²) in [4.78, 5) is 11.9. The van der Waals surface area contributed by atoms with Crippen molar-refractivity contribution in [2.75, 3.05) is 31.6 Å². The summed E-state index contributed by atoms with van der Waals surface area (Å²) in [5, 5.41) is 14.8. The number of anilines is 1. The number of ketones is 1. The molecule has 0 radical (unpaired) electrons. The SMILES string of the molecule is CC1(C)CNc2cc(C(=O)CNCCO)ccc2O1.